The van der Waals surface area contributed by atoms with Crippen molar-refractivity contribution in [2.45, 2.75) is 127 Å². The van der Waals surface area contributed by atoms with E-state index in [0.29, 0.717) is 37.7 Å². The smallest absolute Gasteiger partial charge is 0.408 e. The number of nitrogens with one attached hydrogen (secondary N) is 2. The average Bonchev–Trinajstić information content (AvgIpc) is 3.93. The number of fused-ring (bicyclic) bond motifs is 3. The molecule has 6 rings (SSSR count). The number of benzene rings is 1. The van der Waals surface area contributed by atoms with Crippen LogP contribution in [0.25, 0.3) is 0 Å². The lowest BCUT2D eigenvalue weighted by molar-refractivity contribution is -0.153. The largest absolute Gasteiger partial charge is 0.460 e. The standard InChI is InChI=1S/C37H48FN3O9S/c1-36(2,3)50-35(46)39-29-13-8-6-4-5-7-11-24-19-37(24,34(45)40-51(47,48)26-14-15-26)20-31(42)30-18-25(21-41(30)32(29)43)49-33(44)23-16-22-10-9-12-28(38)27(22)17-23/h7,9-12,23-26,29-30H,4-6,8,13-21H2,1-3H3,(H,39,46)(H,40,45)/b11-7-/t23?,24-,25-,29+,30+,37-/m1/s1. The van der Waals surface area contributed by atoms with Crippen LogP contribution in [0.15, 0.2) is 30.4 Å². The molecule has 1 aromatic carbocycles. The highest BCUT2D eigenvalue weighted by Crippen LogP contribution is 2.57. The zero-order valence-corrected chi connectivity index (χ0v) is 30.3. The number of hydrogen-bond donors (Lipinski definition) is 2. The Labute approximate surface area is 298 Å². The van der Waals surface area contributed by atoms with Gasteiger partial charge in [-0.15, -0.1) is 0 Å². The Morgan fingerprint density at radius 3 is 2.51 bits per heavy atom. The van der Waals surface area contributed by atoms with Crippen molar-refractivity contribution in [2.75, 3.05) is 6.54 Å². The number of ketones is 1. The zero-order valence-electron chi connectivity index (χ0n) is 29.5. The Kier molecular flexibility index (Phi) is 10.4. The molecule has 2 aliphatic heterocycles. The number of halogens is 1. The topological polar surface area (TPSA) is 165 Å². The Morgan fingerprint density at radius 2 is 1.80 bits per heavy atom. The van der Waals surface area contributed by atoms with Gasteiger partial charge in [-0.05, 0) is 95.2 Å². The van der Waals surface area contributed by atoms with Gasteiger partial charge in [0, 0.05) is 12.8 Å². The van der Waals surface area contributed by atoms with Crippen LogP contribution in [0.2, 0.25) is 0 Å². The van der Waals surface area contributed by atoms with Crippen LogP contribution in [0.1, 0.15) is 96.1 Å². The van der Waals surface area contributed by atoms with Gasteiger partial charge in [0.15, 0.2) is 5.78 Å². The normalized spacial score (nSPS) is 30.5. The Bertz CT molecular complexity index is 1720. The number of carbonyl (C=O) groups is 5. The molecule has 0 aromatic heterocycles. The molecule has 1 saturated heterocycles. The first-order valence-electron chi connectivity index (χ1n) is 18.1. The molecule has 5 aliphatic rings. The highest BCUT2D eigenvalue weighted by Gasteiger charge is 2.61. The molecule has 3 fully saturated rings. The molecule has 3 amide bonds. The average molecular weight is 730 g/mol. The van der Waals surface area contributed by atoms with Crippen LogP contribution in [-0.2, 0) is 51.5 Å². The fourth-order valence-electron chi connectivity index (χ4n) is 7.67. The lowest BCUT2D eigenvalue weighted by atomic mass is 9.91. The van der Waals surface area contributed by atoms with E-state index in [1.807, 2.05) is 12.2 Å². The second kappa shape index (κ2) is 14.3. The number of nitrogens with zero attached hydrogens (tertiary/aromatic N) is 1. The van der Waals surface area contributed by atoms with Crippen LogP contribution >= 0.6 is 0 Å². The van der Waals surface area contributed by atoms with Crippen LogP contribution in [0.5, 0.6) is 0 Å². The molecule has 0 radical (unpaired) electrons. The molecule has 0 spiro atoms. The molecular formula is C37H48FN3O9S. The predicted octanol–water partition coefficient (Wildman–Crippen LogP) is 4.04. The first kappa shape index (κ1) is 37.0. The van der Waals surface area contributed by atoms with E-state index in [9.17, 15) is 36.8 Å². The van der Waals surface area contributed by atoms with E-state index in [1.54, 1.807) is 32.9 Å². The molecule has 1 unspecified atom stereocenters. The number of amides is 3. The van der Waals surface area contributed by atoms with Crippen LogP contribution in [0.3, 0.4) is 0 Å². The number of Topliss-reactive ketones (excluding diaryl/α,β-unsaturated/α-hetero) is 1. The minimum absolute atomic E-state index is 0.0396. The number of hydrogen-bond acceptors (Lipinski definition) is 9. The lowest BCUT2D eigenvalue weighted by Crippen LogP contribution is -2.53. The SMILES string of the molecule is CC(C)(C)OC(=O)N[C@H]1CCCCC/C=C\[C@@H]2C[C@@]2(C(=O)NS(=O)(=O)C2CC2)CC(=O)[C@@H]2C[C@@H](OC(=O)C3Cc4cccc(F)c4C3)CN2C1=O. The van der Waals surface area contributed by atoms with E-state index >= 15 is 0 Å². The molecule has 14 heteroatoms. The van der Waals surface area contributed by atoms with Gasteiger partial charge in [-0.2, -0.15) is 0 Å². The van der Waals surface area contributed by atoms with E-state index in [2.05, 4.69) is 10.0 Å². The molecule has 6 atom stereocenters. The van der Waals surface area contributed by atoms with Gasteiger partial charge in [0.2, 0.25) is 21.8 Å². The van der Waals surface area contributed by atoms with Gasteiger partial charge in [0.05, 0.1) is 29.2 Å². The van der Waals surface area contributed by atoms with Crippen molar-refractivity contribution in [3.63, 3.8) is 0 Å². The fourth-order valence-corrected chi connectivity index (χ4v) is 9.06. The molecule has 0 bridgehead atoms. The van der Waals surface area contributed by atoms with E-state index in [-0.39, 0.29) is 50.4 Å². The monoisotopic (exact) mass is 729 g/mol. The summed E-state index contributed by atoms with van der Waals surface area (Å²) in [6.45, 7) is 4.99. The molecule has 2 N–H and O–H groups in total. The van der Waals surface area contributed by atoms with Crippen molar-refractivity contribution in [3.8, 4) is 0 Å². The fraction of sp³-hybridized carbons (Fsp3) is 0.649. The van der Waals surface area contributed by atoms with Gasteiger partial charge in [-0.3, -0.25) is 23.9 Å². The van der Waals surface area contributed by atoms with Gasteiger partial charge >= 0.3 is 12.1 Å². The van der Waals surface area contributed by atoms with Gasteiger partial charge in [-0.1, -0.05) is 37.1 Å². The first-order chi connectivity index (χ1) is 24.1. The van der Waals surface area contributed by atoms with Crippen LogP contribution in [-0.4, -0.2) is 78.6 Å². The van der Waals surface area contributed by atoms with E-state index in [4.69, 9.17) is 9.47 Å². The number of alkyl carbamates (subject to hydrolysis) is 1. The van der Waals surface area contributed by atoms with Crippen molar-refractivity contribution in [1.82, 2.24) is 14.9 Å². The molecule has 2 heterocycles. The van der Waals surface area contributed by atoms with Gasteiger partial charge in [0.1, 0.15) is 23.6 Å². The lowest BCUT2D eigenvalue weighted by Gasteiger charge is -2.30. The Morgan fingerprint density at radius 1 is 1.04 bits per heavy atom. The third-order valence-corrected chi connectivity index (χ3v) is 12.5. The predicted molar refractivity (Wildman–Crippen MR) is 183 cm³/mol. The van der Waals surface area contributed by atoms with Crippen LogP contribution in [0, 0.1) is 23.1 Å². The summed E-state index contributed by atoms with van der Waals surface area (Å²) in [4.78, 5) is 69.9. The van der Waals surface area contributed by atoms with Crippen LogP contribution < -0.4 is 10.0 Å². The summed E-state index contributed by atoms with van der Waals surface area (Å²) in [7, 11) is -3.87. The third-order valence-electron chi connectivity index (χ3n) is 10.7. The summed E-state index contributed by atoms with van der Waals surface area (Å²) >= 11 is 0. The summed E-state index contributed by atoms with van der Waals surface area (Å²) < 4.78 is 53.6. The number of ether oxygens (including phenoxy) is 2. The van der Waals surface area contributed by atoms with E-state index < -0.39 is 80.1 Å². The van der Waals surface area contributed by atoms with Gasteiger partial charge in [0.25, 0.3) is 0 Å². The van der Waals surface area contributed by atoms with Crippen molar-refractivity contribution in [2.24, 2.45) is 17.3 Å². The summed E-state index contributed by atoms with van der Waals surface area (Å²) in [5, 5.41) is 2.07. The highest BCUT2D eigenvalue weighted by atomic mass is 32.2. The molecule has 2 saturated carbocycles. The summed E-state index contributed by atoms with van der Waals surface area (Å²) in [5.41, 5.74) is -0.915. The maximum atomic E-state index is 14.4. The van der Waals surface area contributed by atoms with E-state index in [0.717, 1.165) is 18.4 Å². The van der Waals surface area contributed by atoms with Gasteiger partial charge in [-0.25, -0.2) is 17.6 Å². The maximum Gasteiger partial charge on any atom is 0.408 e. The van der Waals surface area contributed by atoms with Crippen molar-refractivity contribution >= 4 is 39.7 Å². The molecule has 1 aromatic rings. The third kappa shape index (κ3) is 8.47. The second-order valence-corrected chi connectivity index (χ2v) is 17.8. The summed E-state index contributed by atoms with van der Waals surface area (Å²) in [6, 6.07) is 2.58. The Balaban J connectivity index is 1.25. The van der Waals surface area contributed by atoms with E-state index in [1.165, 1.54) is 11.0 Å². The summed E-state index contributed by atoms with van der Waals surface area (Å²) in [5.74, 6) is -3.65. The van der Waals surface area contributed by atoms with Gasteiger partial charge < -0.3 is 19.7 Å². The maximum absolute atomic E-state index is 14.4. The summed E-state index contributed by atoms with van der Waals surface area (Å²) in [6.07, 6.45) is 6.62. The van der Waals surface area contributed by atoms with Crippen molar-refractivity contribution in [3.05, 3.63) is 47.3 Å². The molecule has 278 valence electrons. The Hall–Kier alpha value is -3.81. The van der Waals surface area contributed by atoms with Crippen LogP contribution in [0.4, 0.5) is 9.18 Å². The minimum atomic E-state index is -3.87. The molecule has 51 heavy (non-hydrogen) atoms. The first-order valence-corrected chi connectivity index (χ1v) is 19.6. The minimum Gasteiger partial charge on any atom is -0.460 e. The molecular weight excluding hydrogens is 681 g/mol. The number of carbonyl (C=O) groups excluding carboxylic acids is 5. The quantitative estimate of drug-likeness (QED) is 0.325. The number of allylic oxidation sites excluding steroid dienone is 2. The molecule has 12 nitrogen and oxygen atoms in total. The second-order valence-electron chi connectivity index (χ2n) is 15.8. The number of esters is 1. The number of rotatable bonds is 6. The highest BCUT2D eigenvalue weighted by molar-refractivity contribution is 7.90. The van der Waals surface area contributed by atoms with Crippen molar-refractivity contribution < 1.29 is 46.3 Å². The van der Waals surface area contributed by atoms with Crippen molar-refractivity contribution in [1.29, 1.82) is 0 Å². The molecule has 3 aliphatic carbocycles. The zero-order chi connectivity index (χ0) is 36.7. The number of sulfonamides is 1.